The molecule has 0 bridgehead atoms. The summed E-state index contributed by atoms with van der Waals surface area (Å²) >= 11 is 8.45. The van der Waals surface area contributed by atoms with E-state index in [1.807, 2.05) is 31.2 Å². The van der Waals surface area contributed by atoms with Crippen molar-refractivity contribution in [3.8, 4) is 16.9 Å². The van der Waals surface area contributed by atoms with Crippen molar-refractivity contribution in [1.82, 2.24) is 0 Å². The number of carbonyl (C=O) groups is 1. The van der Waals surface area contributed by atoms with Crippen LogP contribution in [0.15, 0.2) is 36.4 Å². The standard InChI is InChI=1S/C15H12ClIO2/c1-2-19-12-5-3-10(9-18)13(8-12)14-7-11(17)4-6-15(14)16/h3-9H,2H2,1H3. The summed E-state index contributed by atoms with van der Waals surface area (Å²) in [5.41, 5.74) is 2.24. The summed E-state index contributed by atoms with van der Waals surface area (Å²) in [6.07, 6.45) is 0.835. The molecule has 0 aliphatic carbocycles. The fraction of sp³-hybridized carbons (Fsp3) is 0.133. The number of ether oxygens (including phenoxy) is 1. The SMILES string of the molecule is CCOc1ccc(C=O)c(-c2cc(I)ccc2Cl)c1. The van der Waals surface area contributed by atoms with Gasteiger partial charge in [0, 0.05) is 19.7 Å². The number of hydrogen-bond acceptors (Lipinski definition) is 2. The van der Waals surface area contributed by atoms with Crippen LogP contribution in [-0.2, 0) is 0 Å². The number of hydrogen-bond donors (Lipinski definition) is 0. The predicted molar refractivity (Wildman–Crippen MR) is 86.2 cm³/mol. The molecule has 0 N–H and O–H groups in total. The van der Waals surface area contributed by atoms with Crippen LogP contribution in [0.5, 0.6) is 5.75 Å². The minimum absolute atomic E-state index is 0.583. The molecule has 0 aliphatic rings. The molecule has 0 saturated heterocycles. The average molecular weight is 387 g/mol. The maximum atomic E-state index is 11.2. The largest absolute Gasteiger partial charge is 0.494 e. The highest BCUT2D eigenvalue weighted by molar-refractivity contribution is 14.1. The van der Waals surface area contributed by atoms with E-state index in [9.17, 15) is 4.79 Å². The van der Waals surface area contributed by atoms with Gasteiger partial charge < -0.3 is 4.74 Å². The molecule has 2 aromatic carbocycles. The molecule has 98 valence electrons. The molecule has 19 heavy (non-hydrogen) atoms. The van der Waals surface area contributed by atoms with Gasteiger partial charge in [-0.2, -0.15) is 0 Å². The Morgan fingerprint density at radius 1 is 1.21 bits per heavy atom. The van der Waals surface area contributed by atoms with Crippen LogP contribution in [0.2, 0.25) is 5.02 Å². The highest BCUT2D eigenvalue weighted by atomic mass is 127. The van der Waals surface area contributed by atoms with Gasteiger partial charge in [-0.05, 0) is 71.5 Å². The molecule has 0 radical (unpaired) electrons. The molecule has 2 aromatic rings. The highest BCUT2D eigenvalue weighted by Gasteiger charge is 2.10. The molecule has 0 aromatic heterocycles. The summed E-state index contributed by atoms with van der Waals surface area (Å²) < 4.78 is 6.54. The van der Waals surface area contributed by atoms with Crippen LogP contribution in [0.3, 0.4) is 0 Å². The van der Waals surface area contributed by atoms with Crippen molar-refractivity contribution >= 4 is 40.5 Å². The van der Waals surface area contributed by atoms with Crippen LogP contribution in [0.4, 0.5) is 0 Å². The lowest BCUT2D eigenvalue weighted by molar-refractivity contribution is 0.112. The van der Waals surface area contributed by atoms with Gasteiger partial charge in [0.1, 0.15) is 5.75 Å². The van der Waals surface area contributed by atoms with Gasteiger partial charge in [0.25, 0.3) is 0 Å². The Morgan fingerprint density at radius 2 is 2.00 bits per heavy atom. The van der Waals surface area contributed by atoms with E-state index in [2.05, 4.69) is 22.6 Å². The summed E-state index contributed by atoms with van der Waals surface area (Å²) in [7, 11) is 0. The first-order chi connectivity index (χ1) is 9.15. The number of aldehydes is 1. The summed E-state index contributed by atoms with van der Waals surface area (Å²) in [5.74, 6) is 0.734. The molecular formula is C15H12ClIO2. The molecular weight excluding hydrogens is 375 g/mol. The normalized spacial score (nSPS) is 10.3. The summed E-state index contributed by atoms with van der Waals surface area (Å²) in [4.78, 5) is 11.2. The Bertz CT molecular complexity index is 611. The first-order valence-electron chi connectivity index (χ1n) is 5.83. The summed E-state index contributed by atoms with van der Waals surface area (Å²) in [6.45, 7) is 2.51. The zero-order valence-corrected chi connectivity index (χ0v) is 13.2. The van der Waals surface area contributed by atoms with E-state index < -0.39 is 0 Å². The molecule has 0 spiro atoms. The highest BCUT2D eigenvalue weighted by Crippen LogP contribution is 2.33. The third-order valence-electron chi connectivity index (χ3n) is 2.68. The average Bonchev–Trinajstić information content (AvgIpc) is 2.42. The Morgan fingerprint density at radius 3 is 2.68 bits per heavy atom. The van der Waals surface area contributed by atoms with Gasteiger partial charge in [-0.3, -0.25) is 4.79 Å². The van der Waals surface area contributed by atoms with Crippen LogP contribution < -0.4 is 4.74 Å². The maximum absolute atomic E-state index is 11.2. The Balaban J connectivity index is 2.61. The van der Waals surface area contributed by atoms with Crippen molar-refractivity contribution in [2.24, 2.45) is 0 Å². The van der Waals surface area contributed by atoms with Gasteiger partial charge in [0.2, 0.25) is 0 Å². The second-order valence-electron chi connectivity index (χ2n) is 3.92. The molecule has 0 heterocycles. The van der Waals surface area contributed by atoms with Gasteiger partial charge in [-0.15, -0.1) is 0 Å². The smallest absolute Gasteiger partial charge is 0.150 e. The first-order valence-corrected chi connectivity index (χ1v) is 7.29. The lowest BCUT2D eigenvalue weighted by Crippen LogP contribution is -1.95. The first kappa shape index (κ1) is 14.3. The van der Waals surface area contributed by atoms with E-state index >= 15 is 0 Å². The van der Waals surface area contributed by atoms with Crippen molar-refractivity contribution in [3.63, 3.8) is 0 Å². The van der Waals surface area contributed by atoms with Gasteiger partial charge in [0.05, 0.1) is 6.61 Å². The van der Waals surface area contributed by atoms with E-state index in [-0.39, 0.29) is 0 Å². The quantitative estimate of drug-likeness (QED) is 0.556. The third kappa shape index (κ3) is 3.28. The zero-order chi connectivity index (χ0) is 13.8. The lowest BCUT2D eigenvalue weighted by atomic mass is 10.00. The van der Waals surface area contributed by atoms with Gasteiger partial charge in [-0.1, -0.05) is 11.6 Å². The van der Waals surface area contributed by atoms with Gasteiger partial charge in [0.15, 0.2) is 6.29 Å². The molecule has 0 saturated carbocycles. The number of halogens is 2. The van der Waals surface area contributed by atoms with Crippen molar-refractivity contribution < 1.29 is 9.53 Å². The molecule has 0 aliphatic heterocycles. The predicted octanol–water partition coefficient (Wildman–Crippen LogP) is 4.82. The fourth-order valence-corrected chi connectivity index (χ4v) is 2.54. The minimum atomic E-state index is 0.583. The zero-order valence-electron chi connectivity index (χ0n) is 10.3. The molecule has 0 unspecified atom stereocenters. The Kier molecular flexibility index (Phi) is 4.82. The molecule has 4 heteroatoms. The van der Waals surface area contributed by atoms with E-state index in [1.54, 1.807) is 12.1 Å². The second-order valence-corrected chi connectivity index (χ2v) is 5.58. The van der Waals surface area contributed by atoms with Gasteiger partial charge >= 0.3 is 0 Å². The minimum Gasteiger partial charge on any atom is -0.494 e. The van der Waals surface area contributed by atoms with Gasteiger partial charge in [-0.25, -0.2) is 0 Å². The molecule has 2 rings (SSSR count). The third-order valence-corrected chi connectivity index (χ3v) is 3.68. The monoisotopic (exact) mass is 386 g/mol. The van der Waals surface area contributed by atoms with E-state index in [0.29, 0.717) is 17.2 Å². The lowest BCUT2D eigenvalue weighted by Gasteiger charge is -2.11. The maximum Gasteiger partial charge on any atom is 0.150 e. The van der Waals surface area contributed by atoms with E-state index in [1.165, 1.54) is 0 Å². The molecule has 0 amide bonds. The van der Waals surface area contributed by atoms with Crippen LogP contribution in [0, 0.1) is 3.57 Å². The van der Waals surface area contributed by atoms with E-state index in [0.717, 1.165) is 26.7 Å². The van der Waals surface area contributed by atoms with Crippen LogP contribution in [0.1, 0.15) is 17.3 Å². The topological polar surface area (TPSA) is 26.3 Å². The molecule has 0 fully saturated rings. The number of carbonyl (C=O) groups excluding carboxylic acids is 1. The van der Waals surface area contributed by atoms with Crippen molar-refractivity contribution in [3.05, 3.63) is 50.6 Å². The second kappa shape index (κ2) is 6.39. The van der Waals surface area contributed by atoms with Crippen molar-refractivity contribution in [1.29, 1.82) is 0 Å². The summed E-state index contributed by atoms with van der Waals surface area (Å²) in [6, 6.07) is 11.1. The summed E-state index contributed by atoms with van der Waals surface area (Å²) in [5, 5.41) is 0.622. The van der Waals surface area contributed by atoms with Crippen molar-refractivity contribution in [2.45, 2.75) is 6.92 Å². The van der Waals surface area contributed by atoms with Crippen LogP contribution in [-0.4, -0.2) is 12.9 Å². The van der Waals surface area contributed by atoms with E-state index in [4.69, 9.17) is 16.3 Å². The Hall–Kier alpha value is -1.07. The number of benzene rings is 2. The molecule has 0 atom stereocenters. The van der Waals surface area contributed by atoms with Crippen LogP contribution >= 0.6 is 34.2 Å². The van der Waals surface area contributed by atoms with Crippen molar-refractivity contribution in [2.75, 3.05) is 6.61 Å². The Labute approximate surface area is 130 Å². The van der Waals surface area contributed by atoms with Crippen LogP contribution in [0.25, 0.3) is 11.1 Å². The fourth-order valence-electron chi connectivity index (χ4n) is 1.83. The molecule has 2 nitrogen and oxygen atoms in total. The number of rotatable bonds is 4.